The Morgan fingerprint density at radius 3 is 2.67 bits per heavy atom. The van der Waals surface area contributed by atoms with Crippen molar-refractivity contribution in [3.8, 4) is 0 Å². The lowest BCUT2D eigenvalue weighted by Crippen LogP contribution is -2.38. The molecule has 0 saturated heterocycles. The zero-order chi connectivity index (χ0) is 13.2. The summed E-state index contributed by atoms with van der Waals surface area (Å²) in [5.41, 5.74) is 0. The minimum absolute atomic E-state index is 0.142. The lowest BCUT2D eigenvalue weighted by molar-refractivity contribution is 0.136. The van der Waals surface area contributed by atoms with Gasteiger partial charge in [-0.3, -0.25) is 4.99 Å². The van der Waals surface area contributed by atoms with Gasteiger partial charge >= 0.3 is 0 Å². The van der Waals surface area contributed by atoms with Gasteiger partial charge in [0, 0.05) is 25.6 Å². The largest absolute Gasteiger partial charge is 0.393 e. The van der Waals surface area contributed by atoms with E-state index in [1.165, 1.54) is 19.3 Å². The van der Waals surface area contributed by atoms with Gasteiger partial charge < -0.3 is 15.7 Å². The highest BCUT2D eigenvalue weighted by Crippen LogP contribution is 2.25. The van der Waals surface area contributed by atoms with E-state index in [-0.39, 0.29) is 6.10 Å². The fourth-order valence-corrected chi connectivity index (χ4v) is 2.36. The van der Waals surface area contributed by atoms with Crippen molar-refractivity contribution >= 4 is 5.96 Å². The lowest BCUT2D eigenvalue weighted by Gasteiger charge is -2.14. The van der Waals surface area contributed by atoms with E-state index in [4.69, 9.17) is 0 Å². The van der Waals surface area contributed by atoms with Crippen LogP contribution in [0.5, 0.6) is 0 Å². The molecule has 0 spiro atoms. The number of aliphatic hydroxyl groups excluding tert-OH is 1. The fourth-order valence-electron chi connectivity index (χ4n) is 2.36. The monoisotopic (exact) mass is 255 g/mol. The molecule has 1 fully saturated rings. The molecule has 4 nitrogen and oxygen atoms in total. The molecule has 0 amide bonds. The zero-order valence-corrected chi connectivity index (χ0v) is 11.9. The van der Waals surface area contributed by atoms with Crippen LogP contribution >= 0.6 is 0 Å². The average molecular weight is 255 g/mol. The number of hydrogen-bond acceptors (Lipinski definition) is 2. The molecule has 4 heteroatoms. The van der Waals surface area contributed by atoms with Crippen LogP contribution in [0.3, 0.4) is 0 Å². The summed E-state index contributed by atoms with van der Waals surface area (Å²) in [5, 5.41) is 16.4. The van der Waals surface area contributed by atoms with Crippen LogP contribution in [0.2, 0.25) is 0 Å². The van der Waals surface area contributed by atoms with Crippen LogP contribution in [0.15, 0.2) is 4.99 Å². The third kappa shape index (κ3) is 5.71. The Kier molecular flexibility index (Phi) is 7.81. The van der Waals surface area contributed by atoms with E-state index in [1.807, 2.05) is 0 Å². The summed E-state index contributed by atoms with van der Waals surface area (Å²) in [5.74, 6) is 1.25. The second kappa shape index (κ2) is 9.20. The van der Waals surface area contributed by atoms with Gasteiger partial charge in [-0.05, 0) is 26.2 Å². The van der Waals surface area contributed by atoms with Gasteiger partial charge in [0.2, 0.25) is 0 Å². The Balaban J connectivity index is 2.29. The molecule has 0 aromatic rings. The number of nitrogens with zero attached hydrogens (tertiary/aromatic N) is 1. The Labute approximate surface area is 111 Å². The van der Waals surface area contributed by atoms with Gasteiger partial charge in [0.05, 0.1) is 6.10 Å². The molecule has 1 aliphatic rings. The SMILES string of the molecule is CCCCCNC(=NCC1CCCC1O)NCC. The van der Waals surface area contributed by atoms with E-state index in [0.717, 1.165) is 44.9 Å². The maximum absolute atomic E-state index is 9.77. The predicted octanol–water partition coefficient (Wildman–Crippen LogP) is 1.89. The first-order valence-corrected chi connectivity index (χ1v) is 7.48. The minimum atomic E-state index is -0.142. The van der Waals surface area contributed by atoms with E-state index >= 15 is 0 Å². The number of rotatable bonds is 7. The smallest absolute Gasteiger partial charge is 0.191 e. The predicted molar refractivity (Wildman–Crippen MR) is 76.9 cm³/mol. The molecular weight excluding hydrogens is 226 g/mol. The van der Waals surface area contributed by atoms with Crippen molar-refractivity contribution in [1.82, 2.24) is 10.6 Å². The molecule has 18 heavy (non-hydrogen) atoms. The first-order chi connectivity index (χ1) is 8.77. The van der Waals surface area contributed by atoms with E-state index in [9.17, 15) is 5.11 Å². The summed E-state index contributed by atoms with van der Waals surface area (Å²) in [4.78, 5) is 4.58. The van der Waals surface area contributed by atoms with Crippen molar-refractivity contribution in [3.05, 3.63) is 0 Å². The Morgan fingerprint density at radius 2 is 2.06 bits per heavy atom. The number of hydrogen-bond donors (Lipinski definition) is 3. The van der Waals surface area contributed by atoms with Crippen LogP contribution < -0.4 is 10.6 Å². The molecule has 1 saturated carbocycles. The lowest BCUT2D eigenvalue weighted by atomic mass is 10.1. The molecule has 1 rings (SSSR count). The Hall–Kier alpha value is -0.770. The maximum atomic E-state index is 9.77. The molecule has 3 N–H and O–H groups in total. The molecule has 0 heterocycles. The van der Waals surface area contributed by atoms with Gasteiger partial charge in [0.1, 0.15) is 0 Å². The number of guanidine groups is 1. The van der Waals surface area contributed by atoms with Crippen molar-refractivity contribution in [1.29, 1.82) is 0 Å². The van der Waals surface area contributed by atoms with Gasteiger partial charge in [-0.15, -0.1) is 0 Å². The molecule has 2 atom stereocenters. The maximum Gasteiger partial charge on any atom is 0.191 e. The molecule has 0 bridgehead atoms. The van der Waals surface area contributed by atoms with Crippen molar-refractivity contribution in [3.63, 3.8) is 0 Å². The normalized spacial score (nSPS) is 24.3. The summed E-state index contributed by atoms with van der Waals surface area (Å²) < 4.78 is 0. The van der Waals surface area contributed by atoms with Crippen LogP contribution in [0.4, 0.5) is 0 Å². The summed E-state index contributed by atoms with van der Waals surface area (Å²) in [7, 11) is 0. The van der Waals surface area contributed by atoms with Crippen molar-refractivity contribution in [2.45, 2.75) is 58.5 Å². The first kappa shape index (κ1) is 15.3. The summed E-state index contributed by atoms with van der Waals surface area (Å²) in [6, 6.07) is 0. The van der Waals surface area contributed by atoms with E-state index in [1.54, 1.807) is 0 Å². The average Bonchev–Trinajstić information content (AvgIpc) is 2.77. The topological polar surface area (TPSA) is 56.7 Å². The van der Waals surface area contributed by atoms with Gasteiger partial charge in [-0.2, -0.15) is 0 Å². The zero-order valence-electron chi connectivity index (χ0n) is 11.9. The number of unbranched alkanes of at least 4 members (excludes halogenated alkanes) is 2. The number of aliphatic imine (C=N–C) groups is 1. The molecule has 0 aromatic carbocycles. The summed E-state index contributed by atoms with van der Waals surface area (Å²) in [6.45, 7) is 6.89. The number of aliphatic hydroxyl groups is 1. The third-order valence-electron chi connectivity index (χ3n) is 3.52. The standard InChI is InChI=1S/C14H29N3O/c1-3-5-6-10-16-14(15-4-2)17-11-12-8-7-9-13(12)18/h12-13,18H,3-11H2,1-2H3,(H2,15,16,17). The molecular formula is C14H29N3O. The van der Waals surface area contributed by atoms with Crippen LogP contribution in [-0.4, -0.2) is 36.8 Å². The highest BCUT2D eigenvalue weighted by molar-refractivity contribution is 5.79. The molecule has 0 radical (unpaired) electrons. The summed E-state index contributed by atoms with van der Waals surface area (Å²) >= 11 is 0. The minimum Gasteiger partial charge on any atom is -0.393 e. The van der Waals surface area contributed by atoms with Crippen LogP contribution in [0.25, 0.3) is 0 Å². The molecule has 0 aliphatic heterocycles. The highest BCUT2D eigenvalue weighted by atomic mass is 16.3. The van der Waals surface area contributed by atoms with Crippen molar-refractivity contribution < 1.29 is 5.11 Å². The van der Waals surface area contributed by atoms with Crippen LogP contribution in [-0.2, 0) is 0 Å². The summed E-state index contributed by atoms with van der Waals surface area (Å²) in [6.07, 6.45) is 6.74. The van der Waals surface area contributed by atoms with E-state index in [0.29, 0.717) is 5.92 Å². The van der Waals surface area contributed by atoms with Gasteiger partial charge in [-0.25, -0.2) is 0 Å². The van der Waals surface area contributed by atoms with Crippen molar-refractivity contribution in [2.24, 2.45) is 10.9 Å². The highest BCUT2D eigenvalue weighted by Gasteiger charge is 2.24. The molecule has 0 aromatic heterocycles. The molecule has 1 aliphatic carbocycles. The molecule has 106 valence electrons. The molecule has 2 unspecified atom stereocenters. The van der Waals surface area contributed by atoms with Crippen molar-refractivity contribution in [2.75, 3.05) is 19.6 Å². The van der Waals surface area contributed by atoms with E-state index < -0.39 is 0 Å². The van der Waals surface area contributed by atoms with Gasteiger partial charge in [0.25, 0.3) is 0 Å². The third-order valence-corrected chi connectivity index (χ3v) is 3.52. The van der Waals surface area contributed by atoms with Crippen LogP contribution in [0.1, 0.15) is 52.4 Å². The Bertz CT molecular complexity index is 243. The fraction of sp³-hybridized carbons (Fsp3) is 0.929. The number of nitrogens with one attached hydrogen (secondary N) is 2. The van der Waals surface area contributed by atoms with Gasteiger partial charge in [-0.1, -0.05) is 26.2 Å². The Morgan fingerprint density at radius 1 is 1.22 bits per heavy atom. The second-order valence-electron chi connectivity index (χ2n) is 5.11. The van der Waals surface area contributed by atoms with E-state index in [2.05, 4.69) is 29.5 Å². The first-order valence-electron chi connectivity index (χ1n) is 7.48. The van der Waals surface area contributed by atoms with Gasteiger partial charge in [0.15, 0.2) is 5.96 Å². The second-order valence-corrected chi connectivity index (χ2v) is 5.11. The van der Waals surface area contributed by atoms with Crippen LogP contribution in [0, 0.1) is 5.92 Å². The quantitative estimate of drug-likeness (QED) is 0.370.